The van der Waals surface area contributed by atoms with Crippen molar-refractivity contribution < 1.29 is 4.74 Å². The number of nitrogens with zero attached hydrogens (tertiary/aromatic N) is 1. The Hall–Kier alpha value is -1.22. The van der Waals surface area contributed by atoms with Gasteiger partial charge in [0, 0.05) is 18.3 Å². The number of benzene rings is 1. The summed E-state index contributed by atoms with van der Waals surface area (Å²) in [7, 11) is 0. The van der Waals surface area contributed by atoms with Gasteiger partial charge in [0.25, 0.3) is 0 Å². The Kier molecular flexibility index (Phi) is 4.88. The molecule has 0 radical (unpaired) electrons. The van der Waals surface area contributed by atoms with Crippen molar-refractivity contribution in [3.05, 3.63) is 24.3 Å². The van der Waals surface area contributed by atoms with E-state index in [0.717, 1.165) is 30.5 Å². The van der Waals surface area contributed by atoms with Gasteiger partial charge in [-0.2, -0.15) is 0 Å². The van der Waals surface area contributed by atoms with Gasteiger partial charge in [-0.1, -0.05) is 19.4 Å². The van der Waals surface area contributed by atoms with Crippen LogP contribution in [0.2, 0.25) is 0 Å². The summed E-state index contributed by atoms with van der Waals surface area (Å²) in [5.41, 5.74) is 6.47. The van der Waals surface area contributed by atoms with Gasteiger partial charge in [0.1, 0.15) is 12.4 Å². The smallest absolute Gasteiger partial charge is 0.121 e. The lowest BCUT2D eigenvalue weighted by atomic mass is 9.94. The minimum atomic E-state index is 0.750. The Morgan fingerprint density at radius 3 is 2.78 bits per heavy atom. The first-order chi connectivity index (χ1) is 8.78. The number of nitrogen functional groups attached to an aromatic ring is 1. The van der Waals surface area contributed by atoms with E-state index in [0.29, 0.717) is 0 Å². The first-order valence-corrected chi connectivity index (χ1v) is 6.98. The van der Waals surface area contributed by atoms with E-state index >= 15 is 0 Å². The number of likely N-dealkylation sites (tertiary alicyclic amines) is 1. The standard InChI is InChI=1S/C15H24N2O/c1-2-13-6-8-17(9-7-13)10-11-18-15-5-3-4-14(16)12-15/h3-5,12-13H,2,6-11,16H2,1H3. The van der Waals surface area contributed by atoms with Gasteiger partial charge in [0.15, 0.2) is 0 Å². The lowest BCUT2D eigenvalue weighted by Crippen LogP contribution is -2.36. The third-order valence-electron chi connectivity index (χ3n) is 3.82. The zero-order valence-corrected chi connectivity index (χ0v) is 11.3. The van der Waals surface area contributed by atoms with Gasteiger partial charge in [-0.3, -0.25) is 4.90 Å². The van der Waals surface area contributed by atoms with E-state index in [1.165, 1.54) is 32.4 Å². The van der Waals surface area contributed by atoms with Crippen LogP contribution in [0, 0.1) is 5.92 Å². The third kappa shape index (κ3) is 3.91. The minimum Gasteiger partial charge on any atom is -0.492 e. The molecule has 1 saturated heterocycles. The highest BCUT2D eigenvalue weighted by atomic mass is 16.5. The van der Waals surface area contributed by atoms with Crippen LogP contribution in [0.1, 0.15) is 26.2 Å². The Morgan fingerprint density at radius 2 is 2.11 bits per heavy atom. The van der Waals surface area contributed by atoms with E-state index in [-0.39, 0.29) is 0 Å². The number of piperidine rings is 1. The van der Waals surface area contributed by atoms with E-state index in [4.69, 9.17) is 10.5 Å². The normalized spacial score (nSPS) is 17.8. The summed E-state index contributed by atoms with van der Waals surface area (Å²) in [6.45, 7) is 6.51. The van der Waals surface area contributed by atoms with Crippen molar-refractivity contribution in [2.24, 2.45) is 5.92 Å². The van der Waals surface area contributed by atoms with Crippen LogP contribution in [0.5, 0.6) is 5.75 Å². The van der Waals surface area contributed by atoms with Crippen molar-refractivity contribution in [1.82, 2.24) is 4.90 Å². The van der Waals surface area contributed by atoms with Gasteiger partial charge in [0.05, 0.1) is 0 Å². The van der Waals surface area contributed by atoms with Crippen molar-refractivity contribution >= 4 is 5.69 Å². The molecule has 1 heterocycles. The summed E-state index contributed by atoms with van der Waals surface area (Å²) in [5, 5.41) is 0. The third-order valence-corrected chi connectivity index (χ3v) is 3.82. The Labute approximate surface area is 110 Å². The molecule has 0 saturated carbocycles. The molecule has 0 atom stereocenters. The van der Waals surface area contributed by atoms with Gasteiger partial charge < -0.3 is 10.5 Å². The first-order valence-electron chi connectivity index (χ1n) is 6.98. The van der Waals surface area contributed by atoms with Crippen molar-refractivity contribution in [3.63, 3.8) is 0 Å². The molecule has 0 bridgehead atoms. The maximum Gasteiger partial charge on any atom is 0.121 e. The molecule has 0 aliphatic carbocycles. The maximum absolute atomic E-state index is 5.72. The molecule has 3 nitrogen and oxygen atoms in total. The molecule has 0 unspecified atom stereocenters. The topological polar surface area (TPSA) is 38.5 Å². The summed E-state index contributed by atoms with van der Waals surface area (Å²) in [6, 6.07) is 7.64. The second kappa shape index (κ2) is 6.64. The highest BCUT2D eigenvalue weighted by Crippen LogP contribution is 2.20. The summed E-state index contributed by atoms with van der Waals surface area (Å²) in [6.07, 6.45) is 4.01. The van der Waals surface area contributed by atoms with Crippen LogP contribution in [0.25, 0.3) is 0 Å². The molecule has 2 N–H and O–H groups in total. The molecule has 100 valence electrons. The fourth-order valence-electron chi connectivity index (χ4n) is 2.52. The lowest BCUT2D eigenvalue weighted by molar-refractivity contribution is 0.153. The molecule has 0 aromatic heterocycles. The Balaban J connectivity index is 1.67. The molecule has 1 aliphatic heterocycles. The molecule has 2 rings (SSSR count). The van der Waals surface area contributed by atoms with Crippen LogP contribution in [0.4, 0.5) is 5.69 Å². The quantitative estimate of drug-likeness (QED) is 0.814. The van der Waals surface area contributed by atoms with Gasteiger partial charge in [-0.15, -0.1) is 0 Å². The fourth-order valence-corrected chi connectivity index (χ4v) is 2.52. The first kappa shape index (κ1) is 13.2. The van der Waals surface area contributed by atoms with E-state index in [9.17, 15) is 0 Å². The highest BCUT2D eigenvalue weighted by Gasteiger charge is 2.17. The van der Waals surface area contributed by atoms with Crippen molar-refractivity contribution in [2.45, 2.75) is 26.2 Å². The number of hydrogen-bond acceptors (Lipinski definition) is 3. The van der Waals surface area contributed by atoms with Crippen LogP contribution >= 0.6 is 0 Å². The number of ether oxygens (including phenoxy) is 1. The second-order valence-electron chi connectivity index (χ2n) is 5.11. The van der Waals surface area contributed by atoms with Gasteiger partial charge in [0.2, 0.25) is 0 Å². The van der Waals surface area contributed by atoms with Crippen molar-refractivity contribution in [1.29, 1.82) is 0 Å². The predicted molar refractivity (Wildman–Crippen MR) is 75.8 cm³/mol. The molecule has 1 aromatic carbocycles. The Morgan fingerprint density at radius 1 is 1.33 bits per heavy atom. The van der Waals surface area contributed by atoms with Crippen molar-refractivity contribution in [2.75, 3.05) is 32.0 Å². The average Bonchev–Trinajstić information content (AvgIpc) is 2.40. The summed E-state index contributed by atoms with van der Waals surface area (Å²) >= 11 is 0. The molecule has 1 aromatic rings. The van der Waals surface area contributed by atoms with E-state index in [1.54, 1.807) is 0 Å². The van der Waals surface area contributed by atoms with Crippen LogP contribution in [-0.2, 0) is 0 Å². The molecule has 3 heteroatoms. The van der Waals surface area contributed by atoms with Crippen LogP contribution < -0.4 is 10.5 Å². The molecule has 0 amide bonds. The number of hydrogen-bond donors (Lipinski definition) is 1. The largest absolute Gasteiger partial charge is 0.492 e. The van der Waals surface area contributed by atoms with Crippen LogP contribution in [0.3, 0.4) is 0 Å². The van der Waals surface area contributed by atoms with Crippen LogP contribution in [0.15, 0.2) is 24.3 Å². The van der Waals surface area contributed by atoms with E-state index in [2.05, 4.69) is 11.8 Å². The highest BCUT2D eigenvalue weighted by molar-refractivity contribution is 5.43. The Bertz CT molecular complexity index is 359. The number of anilines is 1. The number of nitrogens with two attached hydrogens (primary N) is 1. The van der Waals surface area contributed by atoms with Gasteiger partial charge >= 0.3 is 0 Å². The summed E-state index contributed by atoms with van der Waals surface area (Å²) in [5.74, 6) is 1.81. The molecule has 1 fully saturated rings. The van der Waals surface area contributed by atoms with Crippen LogP contribution in [-0.4, -0.2) is 31.1 Å². The SMILES string of the molecule is CCC1CCN(CCOc2cccc(N)c2)CC1. The fraction of sp³-hybridized carbons (Fsp3) is 0.600. The van der Waals surface area contributed by atoms with E-state index in [1.807, 2.05) is 24.3 Å². The molecule has 18 heavy (non-hydrogen) atoms. The molecule has 1 aliphatic rings. The second-order valence-corrected chi connectivity index (χ2v) is 5.11. The number of rotatable bonds is 5. The lowest BCUT2D eigenvalue weighted by Gasteiger charge is -2.31. The summed E-state index contributed by atoms with van der Waals surface area (Å²) in [4.78, 5) is 2.50. The maximum atomic E-state index is 5.72. The molecular weight excluding hydrogens is 224 g/mol. The monoisotopic (exact) mass is 248 g/mol. The van der Waals surface area contributed by atoms with Gasteiger partial charge in [-0.25, -0.2) is 0 Å². The zero-order valence-electron chi connectivity index (χ0n) is 11.3. The molecule has 0 spiro atoms. The predicted octanol–water partition coefficient (Wildman–Crippen LogP) is 2.77. The van der Waals surface area contributed by atoms with E-state index < -0.39 is 0 Å². The summed E-state index contributed by atoms with van der Waals surface area (Å²) < 4.78 is 5.72. The molecular formula is C15H24N2O. The zero-order chi connectivity index (χ0) is 12.8. The minimum absolute atomic E-state index is 0.750. The van der Waals surface area contributed by atoms with Crippen molar-refractivity contribution in [3.8, 4) is 5.75 Å². The average molecular weight is 248 g/mol. The van der Waals surface area contributed by atoms with Gasteiger partial charge in [-0.05, 0) is 44.0 Å².